The van der Waals surface area contributed by atoms with E-state index in [0.29, 0.717) is 35.9 Å². The Morgan fingerprint density at radius 3 is 1.69 bits per heavy atom. The monoisotopic (exact) mass is 803 g/mol. The predicted molar refractivity (Wildman–Crippen MR) is 176 cm³/mol. The van der Waals surface area contributed by atoms with E-state index in [1.54, 1.807) is 6.92 Å². The minimum atomic E-state index is -5.47. The molecule has 0 unspecified atom stereocenters. The maximum Gasteiger partial charge on any atom is 0.339 e. The molecule has 0 aliphatic rings. The Bertz CT molecular complexity index is 2910. The van der Waals surface area contributed by atoms with E-state index in [1.165, 1.54) is 24.3 Å². The standard InChI is InChI=1S/C27H21N3O16S5/c1-13-2-4-14(5-3-13)51(44,45)46-23-11-16(48(35,36)37)8-18-17(23)6-7-20(27(18)50(41,42)43)29-30-21-12-24(49(38,39)40)19-9-15(47(32,33)34)10-22(31)25(19)26(21)28/h2-12,31H,28H2,1H3,(H,32,33,34)(H,35,36,37)(H,38,39,40)(H,41,42,43)/b30-29+. The summed E-state index contributed by atoms with van der Waals surface area (Å²) in [5.74, 6) is -1.83. The van der Waals surface area contributed by atoms with Gasteiger partial charge in [-0.3, -0.25) is 18.2 Å². The van der Waals surface area contributed by atoms with E-state index in [1.807, 2.05) is 0 Å². The van der Waals surface area contributed by atoms with Crippen LogP contribution in [0.1, 0.15) is 5.56 Å². The number of hydrogen-bond donors (Lipinski definition) is 6. The van der Waals surface area contributed by atoms with Crippen molar-refractivity contribution < 1.29 is 69.6 Å². The summed E-state index contributed by atoms with van der Waals surface area (Å²) >= 11 is 0. The van der Waals surface area contributed by atoms with Gasteiger partial charge in [0.1, 0.15) is 31.8 Å². The second-order valence-corrected chi connectivity index (χ2v) is 17.7. The minimum absolute atomic E-state index is 0.392. The number of rotatable bonds is 9. The van der Waals surface area contributed by atoms with Crippen LogP contribution in [0.2, 0.25) is 0 Å². The Hall–Kier alpha value is -4.79. The molecular formula is C27H21N3O16S5. The van der Waals surface area contributed by atoms with E-state index in [2.05, 4.69) is 10.2 Å². The van der Waals surface area contributed by atoms with Crippen molar-refractivity contribution in [1.82, 2.24) is 0 Å². The quantitative estimate of drug-likeness (QED) is 0.0534. The molecule has 51 heavy (non-hydrogen) atoms. The number of phenols is 1. The highest BCUT2D eigenvalue weighted by atomic mass is 32.2. The number of hydrogen-bond acceptors (Lipinski definition) is 15. The molecule has 5 rings (SSSR count). The molecule has 270 valence electrons. The number of benzene rings is 5. The first-order chi connectivity index (χ1) is 23.3. The van der Waals surface area contributed by atoms with Crippen molar-refractivity contribution >= 4 is 89.2 Å². The minimum Gasteiger partial charge on any atom is -0.507 e. The van der Waals surface area contributed by atoms with Gasteiger partial charge >= 0.3 is 10.1 Å². The van der Waals surface area contributed by atoms with E-state index in [4.69, 9.17) is 9.92 Å². The Morgan fingerprint density at radius 2 is 1.14 bits per heavy atom. The molecule has 5 aromatic rings. The molecule has 0 fully saturated rings. The lowest BCUT2D eigenvalue weighted by Crippen LogP contribution is -2.11. The van der Waals surface area contributed by atoms with Crippen LogP contribution in [0, 0.1) is 6.92 Å². The second kappa shape index (κ2) is 12.5. The average Bonchev–Trinajstić information content (AvgIpc) is 2.98. The van der Waals surface area contributed by atoms with Crippen molar-refractivity contribution in [2.24, 2.45) is 10.2 Å². The van der Waals surface area contributed by atoms with Crippen LogP contribution in [0.3, 0.4) is 0 Å². The van der Waals surface area contributed by atoms with Gasteiger partial charge in [0.05, 0.1) is 20.9 Å². The van der Waals surface area contributed by atoms with Gasteiger partial charge in [0.25, 0.3) is 40.5 Å². The van der Waals surface area contributed by atoms with Crippen molar-refractivity contribution in [3.05, 3.63) is 72.3 Å². The molecule has 7 N–H and O–H groups in total. The summed E-state index contributed by atoms with van der Waals surface area (Å²) in [6.45, 7) is 1.67. The molecule has 0 aliphatic heterocycles. The van der Waals surface area contributed by atoms with Crippen LogP contribution in [0.15, 0.2) is 101 Å². The highest BCUT2D eigenvalue weighted by Gasteiger charge is 2.28. The zero-order valence-electron chi connectivity index (χ0n) is 25.1. The van der Waals surface area contributed by atoms with E-state index < -0.39 is 125 Å². The van der Waals surface area contributed by atoms with Gasteiger partial charge < -0.3 is 15.0 Å². The van der Waals surface area contributed by atoms with Crippen molar-refractivity contribution in [3.63, 3.8) is 0 Å². The normalized spacial score (nSPS) is 13.3. The Morgan fingerprint density at radius 1 is 0.588 bits per heavy atom. The molecule has 0 heterocycles. The van der Waals surface area contributed by atoms with Crippen LogP contribution in [-0.2, 0) is 50.6 Å². The average molecular weight is 804 g/mol. The maximum atomic E-state index is 13.1. The molecule has 0 bridgehead atoms. The fourth-order valence-corrected chi connectivity index (χ4v) is 8.32. The van der Waals surface area contributed by atoms with Crippen LogP contribution in [-0.4, -0.2) is 65.4 Å². The molecule has 0 aromatic heterocycles. The molecule has 0 amide bonds. The first-order valence-electron chi connectivity index (χ1n) is 13.3. The number of azo groups is 1. The molecule has 0 saturated heterocycles. The third kappa shape index (κ3) is 7.48. The van der Waals surface area contributed by atoms with Crippen molar-refractivity contribution in [3.8, 4) is 11.5 Å². The molecule has 0 spiro atoms. The first kappa shape index (κ1) is 37.5. The van der Waals surface area contributed by atoms with Crippen molar-refractivity contribution in [1.29, 1.82) is 0 Å². The predicted octanol–water partition coefficient (Wildman–Crippen LogP) is 3.76. The maximum absolute atomic E-state index is 13.1. The SMILES string of the molecule is Cc1ccc(S(=O)(=O)Oc2cc(S(=O)(=O)O)cc3c(S(=O)(=O)O)c(/N=N/c4cc(S(=O)(=O)O)c5cc(S(=O)(=O)O)cc(O)c5c4N)ccc23)cc1. The highest BCUT2D eigenvalue weighted by Crippen LogP contribution is 2.44. The number of aromatic hydroxyl groups is 1. The lowest BCUT2D eigenvalue weighted by Gasteiger charge is -2.14. The summed E-state index contributed by atoms with van der Waals surface area (Å²) in [6.07, 6.45) is 0. The molecule has 5 aromatic carbocycles. The van der Waals surface area contributed by atoms with Crippen LogP contribution >= 0.6 is 0 Å². The van der Waals surface area contributed by atoms with E-state index in [9.17, 15) is 65.4 Å². The molecular weight excluding hydrogens is 783 g/mol. The Balaban J connectivity index is 1.78. The lowest BCUT2D eigenvalue weighted by atomic mass is 10.1. The van der Waals surface area contributed by atoms with E-state index in [0.717, 1.165) is 12.1 Å². The van der Waals surface area contributed by atoms with Gasteiger partial charge in [-0.2, -0.15) is 42.1 Å². The summed E-state index contributed by atoms with van der Waals surface area (Å²) in [4.78, 5) is -4.79. The Kier molecular flexibility index (Phi) is 9.15. The van der Waals surface area contributed by atoms with E-state index in [-0.39, 0.29) is 0 Å². The largest absolute Gasteiger partial charge is 0.507 e. The molecule has 0 atom stereocenters. The van der Waals surface area contributed by atoms with Gasteiger partial charge in [-0.25, -0.2) is 0 Å². The van der Waals surface area contributed by atoms with Crippen LogP contribution in [0.5, 0.6) is 11.5 Å². The second-order valence-electron chi connectivity index (χ2n) is 10.6. The van der Waals surface area contributed by atoms with E-state index >= 15 is 0 Å². The van der Waals surface area contributed by atoms with Gasteiger partial charge in [-0.1, -0.05) is 17.7 Å². The molecule has 0 aliphatic carbocycles. The first-order valence-corrected chi connectivity index (χ1v) is 20.5. The molecule has 19 nitrogen and oxygen atoms in total. The van der Waals surface area contributed by atoms with Gasteiger partial charge in [-0.15, -0.1) is 10.2 Å². The zero-order chi connectivity index (χ0) is 38.1. The Labute approximate surface area is 288 Å². The van der Waals surface area contributed by atoms with Crippen LogP contribution in [0.25, 0.3) is 21.5 Å². The van der Waals surface area contributed by atoms with Crippen molar-refractivity contribution in [2.45, 2.75) is 31.4 Å². The number of nitrogens with zero attached hydrogens (tertiary/aromatic N) is 2. The zero-order valence-corrected chi connectivity index (χ0v) is 29.2. The van der Waals surface area contributed by atoms with Gasteiger partial charge in [-0.05, 0) is 49.4 Å². The summed E-state index contributed by atoms with van der Waals surface area (Å²) in [6, 6.07) is 9.72. The van der Waals surface area contributed by atoms with Crippen LogP contribution in [0.4, 0.5) is 17.1 Å². The third-order valence-electron chi connectivity index (χ3n) is 7.08. The third-order valence-corrected chi connectivity index (χ3v) is 11.8. The molecule has 24 heteroatoms. The number of nitrogens with two attached hydrogens (primary N) is 1. The summed E-state index contributed by atoms with van der Waals surface area (Å²) in [5, 5.41) is 15.3. The number of nitrogen functional groups attached to an aromatic ring is 1. The molecule has 0 saturated carbocycles. The summed E-state index contributed by atoms with van der Waals surface area (Å²) in [5.41, 5.74) is 4.57. The molecule has 0 radical (unpaired) electrons. The van der Waals surface area contributed by atoms with Gasteiger partial charge in [0.2, 0.25) is 0 Å². The van der Waals surface area contributed by atoms with Crippen LogP contribution < -0.4 is 9.92 Å². The summed E-state index contributed by atoms with van der Waals surface area (Å²) in [7, 11) is -25.7. The number of fused-ring (bicyclic) bond motifs is 2. The fourth-order valence-electron chi connectivity index (χ4n) is 4.81. The lowest BCUT2D eigenvalue weighted by molar-refractivity contribution is 0.470. The summed E-state index contributed by atoms with van der Waals surface area (Å²) < 4.78 is 168. The van der Waals surface area contributed by atoms with Gasteiger partial charge in [0, 0.05) is 28.3 Å². The number of aryl methyl sites for hydroxylation is 1. The smallest absolute Gasteiger partial charge is 0.339 e. The van der Waals surface area contributed by atoms with Gasteiger partial charge in [0.15, 0.2) is 5.75 Å². The number of phenolic OH excluding ortho intramolecular Hbond substituents is 1. The highest BCUT2D eigenvalue weighted by molar-refractivity contribution is 7.87. The van der Waals surface area contributed by atoms with Crippen molar-refractivity contribution in [2.75, 3.05) is 5.73 Å². The topological polar surface area (TPSA) is 332 Å². The fraction of sp³-hybridized carbons (Fsp3) is 0.0370. The number of anilines is 1.